The highest BCUT2D eigenvalue weighted by Crippen LogP contribution is 2.48. The van der Waals surface area contributed by atoms with Crippen molar-refractivity contribution in [3.05, 3.63) is 27.7 Å². The topological polar surface area (TPSA) is 24.5 Å². The van der Waals surface area contributed by atoms with Crippen LogP contribution in [0.2, 0.25) is 10.0 Å². The highest BCUT2D eigenvalue weighted by molar-refractivity contribution is 7.98. The van der Waals surface area contributed by atoms with Gasteiger partial charge in [-0.1, -0.05) is 23.2 Å². The molecule has 2 atom stereocenters. The molecule has 3 nitrogen and oxygen atoms in total. The molecule has 21 heavy (non-hydrogen) atoms. The normalized spacial score (nSPS) is 27.0. The summed E-state index contributed by atoms with van der Waals surface area (Å²) >= 11 is 19.7. The quantitative estimate of drug-likeness (QED) is 0.816. The van der Waals surface area contributed by atoms with Gasteiger partial charge in [0.2, 0.25) is 0 Å². The predicted molar refractivity (Wildman–Crippen MR) is 93.7 cm³/mol. The van der Waals surface area contributed by atoms with Crippen molar-refractivity contribution in [3.63, 3.8) is 0 Å². The summed E-state index contributed by atoms with van der Waals surface area (Å²) in [7, 11) is 0. The van der Waals surface area contributed by atoms with Gasteiger partial charge in [-0.25, -0.2) is 0 Å². The lowest BCUT2D eigenvalue weighted by atomic mass is 9.90. The standard InChI is InChI=1S/C14H16Cl2N2OS2/c1-14-7-11(17-13(20)18(14)3-4-21-2)9-5-8(15)6-10(16)12(9)19-14/h5-6,11H,3-4,7H2,1-2H3,(H,17,20). The lowest BCUT2D eigenvalue weighted by Gasteiger charge is -2.52. The second-order valence-electron chi connectivity index (χ2n) is 5.43. The van der Waals surface area contributed by atoms with Crippen LogP contribution in [0.3, 0.4) is 0 Å². The van der Waals surface area contributed by atoms with Gasteiger partial charge in [0.1, 0.15) is 5.75 Å². The van der Waals surface area contributed by atoms with Gasteiger partial charge in [-0.05, 0) is 37.5 Å². The average Bonchev–Trinajstić information content (AvgIpc) is 2.40. The molecule has 0 spiro atoms. The predicted octanol–water partition coefficient (Wildman–Crippen LogP) is 4.09. The van der Waals surface area contributed by atoms with Gasteiger partial charge in [-0.3, -0.25) is 0 Å². The maximum atomic E-state index is 6.32. The van der Waals surface area contributed by atoms with E-state index < -0.39 is 5.72 Å². The number of rotatable bonds is 3. The third-order valence-corrected chi connectivity index (χ3v) is 5.38. The van der Waals surface area contributed by atoms with Crippen molar-refractivity contribution in [1.82, 2.24) is 10.2 Å². The van der Waals surface area contributed by atoms with Gasteiger partial charge in [0.05, 0.1) is 11.1 Å². The molecule has 1 saturated heterocycles. The van der Waals surface area contributed by atoms with Crippen LogP contribution in [0.4, 0.5) is 0 Å². The molecule has 0 aliphatic carbocycles. The van der Waals surface area contributed by atoms with E-state index in [1.807, 2.05) is 6.07 Å². The zero-order valence-electron chi connectivity index (χ0n) is 11.8. The molecular weight excluding hydrogens is 347 g/mol. The Kier molecular flexibility index (Phi) is 4.21. The summed E-state index contributed by atoms with van der Waals surface area (Å²) in [5.74, 6) is 1.70. The second kappa shape index (κ2) is 5.69. The Balaban J connectivity index is 2.01. The van der Waals surface area contributed by atoms with Crippen LogP contribution in [-0.4, -0.2) is 34.3 Å². The Morgan fingerprint density at radius 3 is 3.00 bits per heavy atom. The number of nitrogens with one attached hydrogen (secondary N) is 1. The maximum Gasteiger partial charge on any atom is 0.184 e. The highest BCUT2D eigenvalue weighted by Gasteiger charge is 2.47. The Morgan fingerprint density at radius 1 is 1.52 bits per heavy atom. The lowest BCUT2D eigenvalue weighted by Crippen LogP contribution is -2.65. The number of thiocarbonyl (C=S) groups is 1. The summed E-state index contributed by atoms with van der Waals surface area (Å²) < 4.78 is 6.25. The first kappa shape index (κ1) is 15.5. The van der Waals surface area contributed by atoms with Crippen LogP contribution >= 0.6 is 47.2 Å². The van der Waals surface area contributed by atoms with Crippen LogP contribution in [0.1, 0.15) is 24.9 Å². The van der Waals surface area contributed by atoms with Gasteiger partial charge in [0.25, 0.3) is 0 Å². The van der Waals surface area contributed by atoms with E-state index >= 15 is 0 Å². The van der Waals surface area contributed by atoms with Crippen molar-refractivity contribution < 1.29 is 4.74 Å². The number of nitrogens with zero attached hydrogens (tertiary/aromatic N) is 1. The molecular formula is C14H16Cl2N2OS2. The molecule has 114 valence electrons. The Bertz CT molecular complexity index is 599. The van der Waals surface area contributed by atoms with E-state index in [0.29, 0.717) is 15.8 Å². The molecule has 2 aliphatic heterocycles. The van der Waals surface area contributed by atoms with E-state index in [2.05, 4.69) is 23.4 Å². The smallest absolute Gasteiger partial charge is 0.184 e. The molecule has 0 aromatic heterocycles. The number of thioether (sulfide) groups is 1. The Hall–Kier alpha value is -0.360. The average molecular weight is 363 g/mol. The molecule has 2 heterocycles. The van der Waals surface area contributed by atoms with Gasteiger partial charge >= 0.3 is 0 Å². The third-order valence-electron chi connectivity index (χ3n) is 3.95. The van der Waals surface area contributed by atoms with Gasteiger partial charge < -0.3 is 15.0 Å². The first-order valence-electron chi connectivity index (χ1n) is 6.69. The number of benzene rings is 1. The Labute approximate surface area is 144 Å². The van der Waals surface area contributed by atoms with Crippen LogP contribution in [0.25, 0.3) is 0 Å². The fourth-order valence-corrected chi connectivity index (χ4v) is 4.29. The number of hydrogen-bond donors (Lipinski definition) is 1. The molecule has 1 N–H and O–H groups in total. The minimum Gasteiger partial charge on any atom is -0.466 e. The summed E-state index contributed by atoms with van der Waals surface area (Å²) in [6, 6.07) is 3.71. The van der Waals surface area contributed by atoms with Crippen LogP contribution in [0, 0.1) is 0 Å². The summed E-state index contributed by atoms with van der Waals surface area (Å²) in [5.41, 5.74) is 0.518. The number of fused-ring (bicyclic) bond motifs is 4. The van der Waals surface area contributed by atoms with E-state index in [1.165, 1.54) is 0 Å². The van der Waals surface area contributed by atoms with Crippen LogP contribution < -0.4 is 10.1 Å². The molecule has 0 radical (unpaired) electrons. The molecule has 1 aromatic carbocycles. The zero-order valence-corrected chi connectivity index (χ0v) is 14.9. The van der Waals surface area contributed by atoms with Crippen molar-refractivity contribution >= 4 is 52.3 Å². The summed E-state index contributed by atoms with van der Waals surface area (Å²) in [6.07, 6.45) is 2.90. The third kappa shape index (κ3) is 2.69. The molecule has 1 fully saturated rings. The minimum absolute atomic E-state index is 0.0907. The maximum absolute atomic E-state index is 6.32. The highest BCUT2D eigenvalue weighted by atomic mass is 35.5. The molecule has 3 rings (SSSR count). The van der Waals surface area contributed by atoms with Gasteiger partial charge in [0.15, 0.2) is 10.8 Å². The molecule has 7 heteroatoms. The monoisotopic (exact) mass is 362 g/mol. The van der Waals surface area contributed by atoms with Crippen molar-refractivity contribution in [2.24, 2.45) is 0 Å². The van der Waals surface area contributed by atoms with E-state index in [9.17, 15) is 0 Å². The van der Waals surface area contributed by atoms with E-state index in [-0.39, 0.29) is 6.04 Å². The summed E-state index contributed by atoms with van der Waals surface area (Å²) in [4.78, 5) is 2.11. The number of hydrogen-bond acceptors (Lipinski definition) is 3. The number of halogens is 2. The largest absolute Gasteiger partial charge is 0.466 e. The van der Waals surface area contributed by atoms with Gasteiger partial charge in [0, 0.05) is 29.3 Å². The fraction of sp³-hybridized carbons (Fsp3) is 0.500. The van der Waals surface area contributed by atoms with E-state index in [4.69, 9.17) is 40.2 Å². The number of ether oxygens (including phenoxy) is 1. The van der Waals surface area contributed by atoms with Crippen molar-refractivity contribution in [2.45, 2.75) is 25.1 Å². The molecule has 2 unspecified atom stereocenters. The van der Waals surface area contributed by atoms with Gasteiger partial charge in [-0.2, -0.15) is 11.8 Å². The first-order chi connectivity index (χ1) is 9.94. The Morgan fingerprint density at radius 2 is 2.29 bits per heavy atom. The zero-order chi connectivity index (χ0) is 15.2. The molecule has 2 aliphatic rings. The minimum atomic E-state index is -0.465. The summed E-state index contributed by atoms with van der Waals surface area (Å²) in [5, 5.41) is 5.28. The molecule has 1 aromatic rings. The molecule has 2 bridgehead atoms. The van der Waals surface area contributed by atoms with Crippen LogP contribution in [0.15, 0.2) is 12.1 Å². The van der Waals surface area contributed by atoms with E-state index in [0.717, 1.165) is 29.4 Å². The fourth-order valence-electron chi connectivity index (χ4n) is 2.95. The van der Waals surface area contributed by atoms with E-state index in [1.54, 1.807) is 17.8 Å². The first-order valence-corrected chi connectivity index (χ1v) is 9.25. The molecule has 0 saturated carbocycles. The van der Waals surface area contributed by atoms with Crippen molar-refractivity contribution in [1.29, 1.82) is 0 Å². The van der Waals surface area contributed by atoms with Crippen LogP contribution in [0.5, 0.6) is 5.75 Å². The van der Waals surface area contributed by atoms with Crippen molar-refractivity contribution in [3.8, 4) is 5.75 Å². The SMILES string of the molecule is CSCCN1C(=S)NC2CC1(C)Oc1c(Cl)cc(Cl)cc12. The van der Waals surface area contributed by atoms with Gasteiger partial charge in [-0.15, -0.1) is 0 Å². The van der Waals surface area contributed by atoms with Crippen LogP contribution in [-0.2, 0) is 0 Å². The van der Waals surface area contributed by atoms with Crippen molar-refractivity contribution in [2.75, 3.05) is 18.6 Å². The molecule has 0 amide bonds. The summed E-state index contributed by atoms with van der Waals surface area (Å²) in [6.45, 7) is 2.91. The second-order valence-corrected chi connectivity index (χ2v) is 7.65. The lowest BCUT2D eigenvalue weighted by molar-refractivity contribution is -0.0653.